The summed E-state index contributed by atoms with van der Waals surface area (Å²) in [5, 5.41) is 35.4. The van der Waals surface area contributed by atoms with Crippen LogP contribution in [0.5, 0.6) is 0 Å². The van der Waals surface area contributed by atoms with Crippen molar-refractivity contribution in [3.63, 3.8) is 0 Å². The van der Waals surface area contributed by atoms with E-state index in [4.69, 9.17) is 0 Å². The summed E-state index contributed by atoms with van der Waals surface area (Å²) in [5.41, 5.74) is 0. The lowest BCUT2D eigenvalue weighted by atomic mass is 9.95. The predicted octanol–water partition coefficient (Wildman–Crippen LogP) is 10.7. The van der Waals surface area contributed by atoms with Gasteiger partial charge in [0, 0.05) is 25.0 Å². The van der Waals surface area contributed by atoms with Gasteiger partial charge in [-0.2, -0.15) is 0 Å². The van der Waals surface area contributed by atoms with E-state index in [1.807, 2.05) is 0 Å². The molecule has 7 heteroatoms. The second-order valence-corrected chi connectivity index (χ2v) is 15.4. The van der Waals surface area contributed by atoms with Crippen molar-refractivity contribution in [3.8, 4) is 0 Å². The van der Waals surface area contributed by atoms with Gasteiger partial charge in [0.05, 0.1) is 6.10 Å². The van der Waals surface area contributed by atoms with E-state index in [0.29, 0.717) is 25.7 Å². The number of unbranched alkanes of at least 4 members (excludes halogenated alkanes) is 26. The maximum atomic E-state index is 13.2. The second kappa shape index (κ2) is 37.6. The maximum absolute atomic E-state index is 13.2. The molecule has 0 radical (unpaired) electrons. The Labute approximate surface area is 310 Å². The minimum absolute atomic E-state index is 0.0693. The summed E-state index contributed by atoms with van der Waals surface area (Å²) in [4.78, 5) is 26.4. The average molecular weight is 711 g/mol. The van der Waals surface area contributed by atoms with Gasteiger partial charge in [0.1, 0.15) is 6.17 Å². The number of aliphatic hydroxyl groups excluding tert-OH is 3. The standard InChI is InChI=1S/C43H86N2O5/c1-4-6-8-10-12-14-16-18-20-22-24-26-28-30-32-39(34-36-46)42(49)44-41(38(3)48)45-43(50)40(35-37-47)33-31-29-27-25-23-21-19-17-15-13-11-9-7-5-2/h38-41,46-48H,4-37H2,1-3H3,(H,44,49)(H,45,50). The van der Waals surface area contributed by atoms with Crippen LogP contribution < -0.4 is 10.6 Å². The van der Waals surface area contributed by atoms with Crippen LogP contribution in [0.4, 0.5) is 0 Å². The molecule has 0 aliphatic heterocycles. The number of amides is 2. The van der Waals surface area contributed by atoms with E-state index in [1.165, 1.54) is 154 Å². The minimum Gasteiger partial charge on any atom is -0.396 e. The molecule has 0 aliphatic rings. The molecule has 2 amide bonds. The molecule has 5 N–H and O–H groups in total. The van der Waals surface area contributed by atoms with Crippen molar-refractivity contribution in [2.75, 3.05) is 13.2 Å². The Balaban J connectivity index is 4.30. The number of nitrogens with one attached hydrogen (secondary N) is 2. The van der Waals surface area contributed by atoms with Crippen LogP contribution in [0, 0.1) is 11.8 Å². The third kappa shape index (κ3) is 30.4. The Kier molecular flexibility index (Phi) is 36.7. The van der Waals surface area contributed by atoms with Crippen LogP contribution in [0.15, 0.2) is 0 Å². The van der Waals surface area contributed by atoms with Gasteiger partial charge in [-0.05, 0) is 32.6 Å². The van der Waals surface area contributed by atoms with Crippen molar-refractivity contribution in [2.24, 2.45) is 11.8 Å². The smallest absolute Gasteiger partial charge is 0.224 e. The SMILES string of the molecule is CCCCCCCCCCCCCCCCC(CCO)C(=O)NC(NC(=O)C(CCO)CCCCCCCCCCCCCCCC)C(C)O. The molecule has 298 valence electrons. The van der Waals surface area contributed by atoms with Gasteiger partial charge in [0.15, 0.2) is 0 Å². The van der Waals surface area contributed by atoms with Crippen molar-refractivity contribution in [1.82, 2.24) is 10.6 Å². The maximum Gasteiger partial charge on any atom is 0.224 e. The van der Waals surface area contributed by atoms with Crippen LogP contribution in [0.1, 0.15) is 226 Å². The molecule has 0 aromatic carbocycles. The van der Waals surface area contributed by atoms with Crippen LogP contribution in [0.25, 0.3) is 0 Å². The van der Waals surface area contributed by atoms with E-state index < -0.39 is 12.3 Å². The monoisotopic (exact) mass is 711 g/mol. The first-order chi connectivity index (χ1) is 24.4. The number of hydrogen-bond acceptors (Lipinski definition) is 5. The number of carbonyl (C=O) groups excluding carboxylic acids is 2. The molecular formula is C43H86N2O5. The van der Waals surface area contributed by atoms with Crippen LogP contribution in [0.3, 0.4) is 0 Å². The molecule has 3 atom stereocenters. The molecule has 3 unspecified atom stereocenters. The molecule has 0 saturated heterocycles. The average Bonchev–Trinajstić information content (AvgIpc) is 3.10. The van der Waals surface area contributed by atoms with E-state index in [0.717, 1.165) is 25.7 Å². The zero-order valence-corrected chi connectivity index (χ0v) is 33.5. The van der Waals surface area contributed by atoms with Gasteiger partial charge in [-0.15, -0.1) is 0 Å². The highest BCUT2D eigenvalue weighted by atomic mass is 16.3. The fourth-order valence-corrected chi connectivity index (χ4v) is 7.11. The first-order valence-electron chi connectivity index (χ1n) is 21.9. The second-order valence-electron chi connectivity index (χ2n) is 15.4. The Morgan fingerprint density at radius 2 is 0.660 bits per heavy atom. The summed E-state index contributed by atoms with van der Waals surface area (Å²) in [6.07, 6.45) is 36.1. The summed E-state index contributed by atoms with van der Waals surface area (Å²) in [6.45, 7) is 5.95. The third-order valence-electron chi connectivity index (χ3n) is 10.6. The Bertz CT molecular complexity index is 678. The summed E-state index contributed by atoms with van der Waals surface area (Å²) in [6, 6.07) is 0. The van der Waals surface area contributed by atoms with E-state index >= 15 is 0 Å². The molecule has 0 aliphatic carbocycles. The molecule has 50 heavy (non-hydrogen) atoms. The van der Waals surface area contributed by atoms with E-state index in [9.17, 15) is 24.9 Å². The van der Waals surface area contributed by atoms with Gasteiger partial charge >= 0.3 is 0 Å². The fourth-order valence-electron chi connectivity index (χ4n) is 7.11. The lowest BCUT2D eigenvalue weighted by molar-refractivity contribution is -0.131. The lowest BCUT2D eigenvalue weighted by Crippen LogP contribution is -2.56. The van der Waals surface area contributed by atoms with E-state index in [2.05, 4.69) is 24.5 Å². The van der Waals surface area contributed by atoms with Crippen LogP contribution in [0.2, 0.25) is 0 Å². The van der Waals surface area contributed by atoms with Gasteiger partial charge in [0.2, 0.25) is 11.8 Å². The zero-order valence-electron chi connectivity index (χ0n) is 33.5. The number of carbonyl (C=O) groups is 2. The molecule has 0 heterocycles. The summed E-state index contributed by atoms with van der Waals surface area (Å²) >= 11 is 0. The van der Waals surface area contributed by atoms with Gasteiger partial charge in [-0.3, -0.25) is 9.59 Å². The highest BCUT2D eigenvalue weighted by molar-refractivity contribution is 5.82. The van der Waals surface area contributed by atoms with Gasteiger partial charge in [-0.1, -0.05) is 194 Å². The van der Waals surface area contributed by atoms with Crippen LogP contribution in [-0.4, -0.2) is 52.6 Å². The molecule has 0 rings (SSSR count). The Morgan fingerprint density at radius 3 is 0.880 bits per heavy atom. The van der Waals surface area contributed by atoms with Crippen molar-refractivity contribution >= 4 is 11.8 Å². The molecule has 7 nitrogen and oxygen atoms in total. The first-order valence-corrected chi connectivity index (χ1v) is 21.9. The topological polar surface area (TPSA) is 119 Å². The predicted molar refractivity (Wildman–Crippen MR) is 212 cm³/mol. The van der Waals surface area contributed by atoms with Crippen LogP contribution in [-0.2, 0) is 9.59 Å². The molecule has 0 saturated carbocycles. The van der Waals surface area contributed by atoms with Crippen molar-refractivity contribution in [2.45, 2.75) is 239 Å². The number of hydrogen-bond donors (Lipinski definition) is 5. The molecule has 0 spiro atoms. The minimum atomic E-state index is -0.963. The first kappa shape index (κ1) is 48.8. The molecule has 0 aromatic heterocycles. The number of rotatable bonds is 39. The van der Waals surface area contributed by atoms with Crippen molar-refractivity contribution in [1.29, 1.82) is 0 Å². The number of aliphatic hydroxyl groups is 3. The van der Waals surface area contributed by atoms with Gasteiger partial charge in [-0.25, -0.2) is 0 Å². The summed E-state index contributed by atoms with van der Waals surface area (Å²) < 4.78 is 0. The Hall–Kier alpha value is -1.18. The summed E-state index contributed by atoms with van der Waals surface area (Å²) in [7, 11) is 0. The molecule has 0 fully saturated rings. The van der Waals surface area contributed by atoms with Crippen molar-refractivity contribution in [3.05, 3.63) is 0 Å². The van der Waals surface area contributed by atoms with Crippen LogP contribution >= 0.6 is 0 Å². The third-order valence-corrected chi connectivity index (χ3v) is 10.6. The lowest BCUT2D eigenvalue weighted by Gasteiger charge is -2.27. The molecule has 0 bridgehead atoms. The fraction of sp³-hybridized carbons (Fsp3) is 0.953. The van der Waals surface area contributed by atoms with E-state index in [1.54, 1.807) is 6.92 Å². The Morgan fingerprint density at radius 1 is 0.420 bits per heavy atom. The normalized spacial score (nSPS) is 14.0. The highest BCUT2D eigenvalue weighted by Gasteiger charge is 2.27. The van der Waals surface area contributed by atoms with Crippen molar-refractivity contribution < 1.29 is 24.9 Å². The highest BCUT2D eigenvalue weighted by Crippen LogP contribution is 2.19. The van der Waals surface area contributed by atoms with Gasteiger partial charge in [0.25, 0.3) is 0 Å². The zero-order chi connectivity index (χ0) is 36.9. The molecule has 0 aromatic rings. The largest absolute Gasteiger partial charge is 0.396 e. The summed E-state index contributed by atoms with van der Waals surface area (Å²) in [5.74, 6) is -1.16. The quantitative estimate of drug-likeness (QED) is 0.0321. The van der Waals surface area contributed by atoms with E-state index in [-0.39, 0.29) is 36.9 Å². The molecular weight excluding hydrogens is 624 g/mol. The van der Waals surface area contributed by atoms with Gasteiger partial charge < -0.3 is 26.0 Å².